The van der Waals surface area contributed by atoms with Crippen molar-refractivity contribution in [2.45, 2.75) is 39.3 Å². The van der Waals surface area contributed by atoms with Crippen LogP contribution in [0.3, 0.4) is 0 Å². The lowest BCUT2D eigenvalue weighted by molar-refractivity contribution is -0.129. The van der Waals surface area contributed by atoms with Crippen LogP contribution in [0.2, 0.25) is 0 Å². The minimum absolute atomic E-state index is 0.0229. The zero-order valence-electron chi connectivity index (χ0n) is 10.4. The SMILES string of the molecule is CCCNC1CCN(Cc2csc(C)n2)C1=O. The van der Waals surface area contributed by atoms with E-state index in [1.165, 1.54) is 0 Å². The maximum Gasteiger partial charge on any atom is 0.240 e. The van der Waals surface area contributed by atoms with E-state index in [1.54, 1.807) is 11.3 Å². The van der Waals surface area contributed by atoms with E-state index < -0.39 is 0 Å². The number of carbonyl (C=O) groups is 1. The van der Waals surface area contributed by atoms with Gasteiger partial charge in [0.1, 0.15) is 0 Å². The van der Waals surface area contributed by atoms with Gasteiger partial charge in [0.15, 0.2) is 0 Å². The molecule has 1 aromatic rings. The van der Waals surface area contributed by atoms with Gasteiger partial charge in [-0.2, -0.15) is 0 Å². The Morgan fingerprint density at radius 2 is 2.47 bits per heavy atom. The van der Waals surface area contributed by atoms with Gasteiger partial charge in [-0.25, -0.2) is 4.98 Å². The number of hydrogen-bond acceptors (Lipinski definition) is 4. The van der Waals surface area contributed by atoms with Gasteiger partial charge >= 0.3 is 0 Å². The Labute approximate surface area is 106 Å². The molecule has 17 heavy (non-hydrogen) atoms. The molecule has 5 heteroatoms. The van der Waals surface area contributed by atoms with E-state index >= 15 is 0 Å². The molecule has 2 heterocycles. The molecule has 1 amide bonds. The van der Waals surface area contributed by atoms with E-state index in [2.05, 4.69) is 17.2 Å². The first-order chi connectivity index (χ1) is 8.20. The predicted molar refractivity (Wildman–Crippen MR) is 69.0 cm³/mol. The van der Waals surface area contributed by atoms with Crippen LogP contribution in [0.4, 0.5) is 0 Å². The summed E-state index contributed by atoms with van der Waals surface area (Å²) in [6, 6.07) is 0.0229. The Morgan fingerprint density at radius 1 is 1.65 bits per heavy atom. The van der Waals surface area contributed by atoms with Gasteiger partial charge in [-0.15, -0.1) is 11.3 Å². The summed E-state index contributed by atoms with van der Waals surface area (Å²) in [5.41, 5.74) is 1.01. The maximum absolute atomic E-state index is 12.1. The lowest BCUT2D eigenvalue weighted by Gasteiger charge is -2.15. The summed E-state index contributed by atoms with van der Waals surface area (Å²) >= 11 is 1.64. The van der Waals surface area contributed by atoms with Crippen molar-refractivity contribution in [2.75, 3.05) is 13.1 Å². The number of carbonyl (C=O) groups excluding carboxylic acids is 1. The second kappa shape index (κ2) is 5.60. The number of likely N-dealkylation sites (tertiary alicyclic amines) is 1. The van der Waals surface area contributed by atoms with Crippen LogP contribution in [-0.2, 0) is 11.3 Å². The van der Waals surface area contributed by atoms with Crippen molar-refractivity contribution < 1.29 is 4.79 Å². The molecule has 0 bridgehead atoms. The van der Waals surface area contributed by atoms with E-state index in [-0.39, 0.29) is 11.9 Å². The molecule has 0 aliphatic carbocycles. The van der Waals surface area contributed by atoms with Crippen LogP contribution in [-0.4, -0.2) is 34.9 Å². The van der Waals surface area contributed by atoms with Gasteiger partial charge in [-0.1, -0.05) is 6.92 Å². The second-order valence-corrected chi connectivity index (χ2v) is 5.48. The normalized spacial score (nSPS) is 20.2. The molecule has 1 aromatic heterocycles. The summed E-state index contributed by atoms with van der Waals surface area (Å²) in [5.74, 6) is 0.226. The summed E-state index contributed by atoms with van der Waals surface area (Å²) < 4.78 is 0. The van der Waals surface area contributed by atoms with E-state index in [9.17, 15) is 4.79 Å². The fraction of sp³-hybridized carbons (Fsp3) is 0.667. The van der Waals surface area contributed by atoms with Gasteiger partial charge in [0, 0.05) is 11.9 Å². The lowest BCUT2D eigenvalue weighted by atomic mass is 10.2. The zero-order valence-corrected chi connectivity index (χ0v) is 11.2. The highest BCUT2D eigenvalue weighted by Crippen LogP contribution is 2.16. The van der Waals surface area contributed by atoms with Gasteiger partial charge in [0.25, 0.3) is 0 Å². The van der Waals surface area contributed by atoms with Crippen LogP contribution in [0, 0.1) is 6.92 Å². The Bertz CT molecular complexity index is 391. The molecule has 94 valence electrons. The average molecular weight is 253 g/mol. The number of rotatable bonds is 5. The number of aryl methyl sites for hydroxylation is 1. The van der Waals surface area contributed by atoms with Crippen LogP contribution in [0.1, 0.15) is 30.5 Å². The third-order valence-electron chi connectivity index (χ3n) is 2.96. The zero-order chi connectivity index (χ0) is 12.3. The number of nitrogens with zero attached hydrogens (tertiary/aromatic N) is 2. The maximum atomic E-state index is 12.1. The number of amides is 1. The molecule has 1 N–H and O–H groups in total. The molecule has 4 nitrogen and oxygen atoms in total. The minimum atomic E-state index is 0.0229. The van der Waals surface area contributed by atoms with Crippen molar-refractivity contribution in [1.29, 1.82) is 0 Å². The number of thiazole rings is 1. The lowest BCUT2D eigenvalue weighted by Crippen LogP contribution is -2.38. The highest BCUT2D eigenvalue weighted by Gasteiger charge is 2.31. The predicted octanol–water partition coefficient (Wildman–Crippen LogP) is 1.55. The highest BCUT2D eigenvalue weighted by atomic mass is 32.1. The Hall–Kier alpha value is -0.940. The molecule has 1 saturated heterocycles. The second-order valence-electron chi connectivity index (χ2n) is 4.41. The van der Waals surface area contributed by atoms with Gasteiger partial charge in [0.05, 0.1) is 23.3 Å². The van der Waals surface area contributed by atoms with Gasteiger partial charge in [0.2, 0.25) is 5.91 Å². The Kier molecular flexibility index (Phi) is 4.12. The van der Waals surface area contributed by atoms with E-state index in [0.717, 1.165) is 36.6 Å². The first kappa shape index (κ1) is 12.5. The monoisotopic (exact) mass is 253 g/mol. The number of aromatic nitrogens is 1. The third kappa shape index (κ3) is 3.04. The molecular formula is C12H19N3OS. The fourth-order valence-electron chi connectivity index (χ4n) is 2.08. The first-order valence-electron chi connectivity index (χ1n) is 6.14. The smallest absolute Gasteiger partial charge is 0.240 e. The van der Waals surface area contributed by atoms with Crippen LogP contribution in [0.5, 0.6) is 0 Å². The van der Waals surface area contributed by atoms with Crippen molar-refractivity contribution >= 4 is 17.2 Å². The molecule has 1 aliphatic heterocycles. The quantitative estimate of drug-likeness (QED) is 0.866. The Balaban J connectivity index is 1.89. The fourth-order valence-corrected chi connectivity index (χ4v) is 2.68. The summed E-state index contributed by atoms with van der Waals surface area (Å²) in [6.07, 6.45) is 1.98. The van der Waals surface area contributed by atoms with Crippen LogP contribution < -0.4 is 5.32 Å². The molecule has 0 saturated carbocycles. The standard InChI is InChI=1S/C12H19N3OS/c1-3-5-13-11-4-6-15(12(11)16)7-10-8-17-9(2)14-10/h8,11,13H,3-7H2,1-2H3. The van der Waals surface area contributed by atoms with Crippen molar-refractivity contribution in [3.05, 3.63) is 16.1 Å². The summed E-state index contributed by atoms with van der Waals surface area (Å²) in [5, 5.41) is 6.39. The molecule has 1 aliphatic rings. The average Bonchev–Trinajstić information content (AvgIpc) is 2.86. The minimum Gasteiger partial charge on any atom is -0.335 e. The molecule has 0 aromatic carbocycles. The molecule has 1 fully saturated rings. The van der Waals surface area contributed by atoms with Crippen LogP contribution >= 0.6 is 11.3 Å². The summed E-state index contributed by atoms with van der Waals surface area (Å²) in [4.78, 5) is 18.4. The van der Waals surface area contributed by atoms with E-state index in [1.807, 2.05) is 17.2 Å². The molecule has 2 rings (SSSR count). The van der Waals surface area contributed by atoms with E-state index in [0.29, 0.717) is 6.54 Å². The van der Waals surface area contributed by atoms with Crippen molar-refractivity contribution in [1.82, 2.24) is 15.2 Å². The largest absolute Gasteiger partial charge is 0.335 e. The molecule has 0 spiro atoms. The number of nitrogens with one attached hydrogen (secondary N) is 1. The van der Waals surface area contributed by atoms with Crippen LogP contribution in [0.15, 0.2) is 5.38 Å². The van der Waals surface area contributed by atoms with Gasteiger partial charge < -0.3 is 10.2 Å². The summed E-state index contributed by atoms with van der Waals surface area (Å²) in [6.45, 7) is 6.53. The molecular weight excluding hydrogens is 234 g/mol. The van der Waals surface area contributed by atoms with Crippen molar-refractivity contribution in [3.8, 4) is 0 Å². The van der Waals surface area contributed by atoms with E-state index in [4.69, 9.17) is 0 Å². The first-order valence-corrected chi connectivity index (χ1v) is 7.02. The van der Waals surface area contributed by atoms with Crippen molar-refractivity contribution in [2.24, 2.45) is 0 Å². The summed E-state index contributed by atoms with van der Waals surface area (Å²) in [7, 11) is 0. The highest BCUT2D eigenvalue weighted by molar-refractivity contribution is 7.09. The Morgan fingerprint density at radius 3 is 3.12 bits per heavy atom. The molecule has 1 unspecified atom stereocenters. The van der Waals surface area contributed by atoms with Crippen molar-refractivity contribution in [3.63, 3.8) is 0 Å². The molecule has 0 radical (unpaired) electrons. The third-order valence-corrected chi connectivity index (χ3v) is 3.78. The molecule has 1 atom stereocenters. The van der Waals surface area contributed by atoms with Gasteiger partial charge in [-0.3, -0.25) is 4.79 Å². The topological polar surface area (TPSA) is 45.2 Å². The number of hydrogen-bond donors (Lipinski definition) is 1. The van der Waals surface area contributed by atoms with Crippen LogP contribution in [0.25, 0.3) is 0 Å². The van der Waals surface area contributed by atoms with Gasteiger partial charge in [-0.05, 0) is 26.3 Å².